The van der Waals surface area contributed by atoms with Crippen molar-refractivity contribution in [2.45, 2.75) is 26.9 Å². The van der Waals surface area contributed by atoms with Crippen molar-refractivity contribution in [3.05, 3.63) is 70.8 Å². The third-order valence-corrected chi connectivity index (χ3v) is 13.9. The summed E-state index contributed by atoms with van der Waals surface area (Å²) in [6, 6.07) is 17.2. The third-order valence-electron chi connectivity index (χ3n) is 4.99. The van der Waals surface area contributed by atoms with Crippen LogP contribution in [0.25, 0.3) is 0 Å². The summed E-state index contributed by atoms with van der Waals surface area (Å²) in [5, 5.41) is 0. The fourth-order valence-electron chi connectivity index (χ4n) is 2.85. The summed E-state index contributed by atoms with van der Waals surface area (Å²) in [6.07, 6.45) is 4.13. The predicted molar refractivity (Wildman–Crippen MR) is 190 cm³/mol. The van der Waals surface area contributed by atoms with Crippen molar-refractivity contribution in [1.29, 1.82) is 0 Å². The molecule has 0 aromatic heterocycles. The molecule has 4 atom stereocenters. The van der Waals surface area contributed by atoms with Crippen LogP contribution < -0.4 is 0 Å². The molecule has 0 radical (unpaired) electrons. The first-order chi connectivity index (χ1) is 16.0. The summed E-state index contributed by atoms with van der Waals surface area (Å²) in [4.78, 5) is 0. The summed E-state index contributed by atoms with van der Waals surface area (Å²) >= 11 is 24.3. The van der Waals surface area contributed by atoms with Gasteiger partial charge in [-0.1, -0.05) is 105 Å². The van der Waals surface area contributed by atoms with E-state index in [0.717, 1.165) is 31.6 Å². The molecule has 36 heavy (non-hydrogen) atoms. The zero-order valence-electron chi connectivity index (χ0n) is 22.5. The average Bonchev–Trinajstić information content (AvgIpc) is 2.79. The average molecular weight is 688 g/mol. The van der Waals surface area contributed by atoms with Gasteiger partial charge < -0.3 is 0 Å². The standard InChI is InChI=1S/C13H22ClNP2.C11H16Cl3NP2.2H3P/c1-12-5-7-13(8-6-12)11-15(2)17(14)10-9-16(3)4;1-10-3-5-11(6-4-10)9-15(2)17(14)8-7-16(12)13;;/h5-8H,9-11H2,1-4H3;3-6H,7-9H2,1-2H3;2*1H3. The fourth-order valence-corrected chi connectivity index (χ4v) is 10.7. The summed E-state index contributed by atoms with van der Waals surface area (Å²) in [6.45, 7) is 9.80. The third kappa shape index (κ3) is 19.2. The minimum Gasteiger partial charge on any atom is -0.268 e. The Morgan fingerprint density at radius 3 is 1.22 bits per heavy atom. The topological polar surface area (TPSA) is 6.48 Å². The van der Waals surface area contributed by atoms with Gasteiger partial charge in [0.1, 0.15) is 0 Å². The first-order valence-electron chi connectivity index (χ1n) is 11.1. The second-order valence-electron chi connectivity index (χ2n) is 8.55. The van der Waals surface area contributed by atoms with Crippen molar-refractivity contribution in [2.24, 2.45) is 0 Å². The molecular formula is C24H44Cl4N2P6. The Bertz CT molecular complexity index is 733. The van der Waals surface area contributed by atoms with Crippen molar-refractivity contribution in [3.63, 3.8) is 0 Å². The molecule has 2 aromatic carbocycles. The molecule has 0 saturated heterocycles. The van der Waals surface area contributed by atoms with Crippen LogP contribution in [0.15, 0.2) is 48.5 Å². The molecule has 0 N–H and O–H groups in total. The molecule has 0 fully saturated rings. The molecule has 0 bridgehead atoms. The van der Waals surface area contributed by atoms with E-state index in [9.17, 15) is 0 Å². The van der Waals surface area contributed by atoms with Crippen molar-refractivity contribution >= 4 is 94.2 Å². The lowest BCUT2D eigenvalue weighted by Gasteiger charge is -2.23. The van der Waals surface area contributed by atoms with Crippen LogP contribution >= 0.6 is 94.2 Å². The Hall–Kier alpha value is 2.10. The van der Waals surface area contributed by atoms with Gasteiger partial charge in [-0.15, -0.1) is 7.92 Å². The highest BCUT2D eigenvalue weighted by molar-refractivity contribution is 8.04. The number of halogens is 4. The van der Waals surface area contributed by atoms with E-state index in [0.29, 0.717) is 0 Å². The highest BCUT2D eigenvalue weighted by Crippen LogP contribution is 2.53. The molecule has 0 spiro atoms. The molecule has 0 aliphatic carbocycles. The van der Waals surface area contributed by atoms with E-state index < -0.39 is 21.5 Å². The number of benzene rings is 2. The first kappa shape index (κ1) is 40.2. The minimum atomic E-state index is -0.872. The van der Waals surface area contributed by atoms with Crippen LogP contribution in [0.4, 0.5) is 0 Å². The van der Waals surface area contributed by atoms with Crippen molar-refractivity contribution in [3.8, 4) is 0 Å². The number of rotatable bonds is 12. The van der Waals surface area contributed by atoms with Gasteiger partial charge >= 0.3 is 0 Å². The summed E-state index contributed by atoms with van der Waals surface area (Å²) in [7, 11) is 3.22. The Labute approximate surface area is 251 Å². The second kappa shape index (κ2) is 22.8. The molecular weight excluding hydrogens is 644 g/mol. The maximum Gasteiger partial charge on any atom is 0.0859 e. The maximum absolute atomic E-state index is 6.46. The zero-order chi connectivity index (χ0) is 25.7. The molecule has 0 saturated carbocycles. The Kier molecular flexibility index (Phi) is 25.4. The summed E-state index contributed by atoms with van der Waals surface area (Å²) < 4.78 is 4.47. The Morgan fingerprint density at radius 1 is 0.583 bits per heavy atom. The molecule has 2 rings (SSSR count). The van der Waals surface area contributed by atoms with Gasteiger partial charge in [0.15, 0.2) is 0 Å². The smallest absolute Gasteiger partial charge is 0.0859 e. The molecule has 0 aliphatic rings. The van der Waals surface area contributed by atoms with Gasteiger partial charge in [0.25, 0.3) is 0 Å². The molecule has 2 aromatic rings. The number of nitrogens with zero attached hydrogens (tertiary/aromatic N) is 2. The van der Waals surface area contributed by atoms with Crippen molar-refractivity contribution in [2.75, 3.05) is 52.1 Å². The van der Waals surface area contributed by atoms with Gasteiger partial charge in [0.05, 0.1) is 21.5 Å². The number of hydrogen-bond acceptors (Lipinski definition) is 2. The molecule has 0 heterocycles. The molecule has 0 amide bonds. The van der Waals surface area contributed by atoms with Crippen LogP contribution in [0.5, 0.6) is 0 Å². The van der Waals surface area contributed by atoms with E-state index in [1.54, 1.807) is 0 Å². The lowest BCUT2D eigenvalue weighted by Crippen LogP contribution is -2.11. The van der Waals surface area contributed by atoms with Gasteiger partial charge in [-0.25, -0.2) is 0 Å². The van der Waals surface area contributed by atoms with Crippen LogP contribution in [-0.2, 0) is 13.1 Å². The SMILES string of the molecule is Cc1ccc(CN(C)P(Cl)CCP(C)C)cc1.Cc1ccc(CN(C)P(Cl)CCP(Cl)Cl)cc1.P.P. The molecule has 208 valence electrons. The monoisotopic (exact) mass is 686 g/mol. The summed E-state index contributed by atoms with van der Waals surface area (Å²) in [5.41, 5.74) is 5.22. The first-order valence-corrected chi connectivity index (χ1v) is 21.6. The normalized spacial score (nSPS) is 12.6. The van der Waals surface area contributed by atoms with Gasteiger partial charge in [-0.3, -0.25) is 9.34 Å². The predicted octanol–water partition coefficient (Wildman–Crippen LogP) is 10.6. The lowest BCUT2D eigenvalue weighted by atomic mass is 10.1. The van der Waals surface area contributed by atoms with Gasteiger partial charge in [0.2, 0.25) is 0 Å². The molecule has 0 aliphatic heterocycles. The van der Waals surface area contributed by atoms with Gasteiger partial charge in [-0.2, -0.15) is 19.8 Å². The van der Waals surface area contributed by atoms with Crippen molar-refractivity contribution < 1.29 is 0 Å². The van der Waals surface area contributed by atoms with Crippen LogP contribution in [-0.4, -0.2) is 61.4 Å². The maximum atomic E-state index is 6.46. The lowest BCUT2D eigenvalue weighted by molar-refractivity contribution is 0.551. The molecule has 4 unspecified atom stereocenters. The van der Waals surface area contributed by atoms with E-state index in [4.69, 9.17) is 45.0 Å². The van der Waals surface area contributed by atoms with Crippen LogP contribution in [0, 0.1) is 13.8 Å². The van der Waals surface area contributed by atoms with Crippen molar-refractivity contribution in [1.82, 2.24) is 9.34 Å². The number of hydrogen-bond donors (Lipinski definition) is 0. The summed E-state index contributed by atoms with van der Waals surface area (Å²) in [5.74, 6) is 0. The van der Waals surface area contributed by atoms with E-state index in [2.05, 4.69) is 92.1 Å². The van der Waals surface area contributed by atoms with Crippen LogP contribution in [0.3, 0.4) is 0 Å². The zero-order valence-corrected chi connectivity index (χ0v) is 31.9. The van der Waals surface area contributed by atoms with Crippen LogP contribution in [0.2, 0.25) is 0 Å². The van der Waals surface area contributed by atoms with E-state index in [1.165, 1.54) is 28.4 Å². The Balaban J connectivity index is 0. The van der Waals surface area contributed by atoms with Gasteiger partial charge in [-0.05, 0) is 64.7 Å². The fraction of sp³-hybridized carbons (Fsp3) is 0.500. The highest BCUT2D eigenvalue weighted by Gasteiger charge is 2.14. The van der Waals surface area contributed by atoms with E-state index >= 15 is 0 Å². The highest BCUT2D eigenvalue weighted by atomic mass is 35.9. The molecule has 12 heteroatoms. The largest absolute Gasteiger partial charge is 0.268 e. The minimum absolute atomic E-state index is 0. The Morgan fingerprint density at radius 2 is 0.917 bits per heavy atom. The van der Waals surface area contributed by atoms with E-state index in [1.807, 2.05) is 7.05 Å². The number of aryl methyl sites for hydroxylation is 2. The molecule has 2 nitrogen and oxygen atoms in total. The quantitative estimate of drug-likeness (QED) is 0.205. The van der Waals surface area contributed by atoms with E-state index in [-0.39, 0.29) is 27.7 Å². The second-order valence-corrected chi connectivity index (χ2v) is 21.1. The van der Waals surface area contributed by atoms with Crippen LogP contribution in [0.1, 0.15) is 22.3 Å². The van der Waals surface area contributed by atoms with Gasteiger partial charge in [0, 0.05) is 25.4 Å².